The first-order chi connectivity index (χ1) is 15.0. The minimum absolute atomic E-state index is 0.0995. The molecule has 0 fully saturated rings. The fraction of sp³-hybridized carbons (Fsp3) is 0.0417. The van der Waals surface area contributed by atoms with Crippen LogP contribution in [0.3, 0.4) is 0 Å². The number of methoxy groups -OCH3 is 1. The van der Waals surface area contributed by atoms with E-state index in [4.69, 9.17) is 9.47 Å². The number of benzene rings is 3. The molecule has 0 bridgehead atoms. The van der Waals surface area contributed by atoms with Crippen molar-refractivity contribution in [1.29, 1.82) is 0 Å². The summed E-state index contributed by atoms with van der Waals surface area (Å²) in [4.78, 5) is 22.2. The summed E-state index contributed by atoms with van der Waals surface area (Å²) in [7, 11) is 1.57. The van der Waals surface area contributed by atoms with Crippen LogP contribution in [0.5, 0.6) is 11.5 Å². The summed E-state index contributed by atoms with van der Waals surface area (Å²) in [6.45, 7) is 0. The molecule has 0 unspecified atom stereocenters. The number of rotatable bonds is 7. The van der Waals surface area contributed by atoms with Crippen LogP contribution in [0.4, 0.5) is 10.1 Å². The Morgan fingerprint density at radius 1 is 0.968 bits per heavy atom. The molecule has 0 saturated heterocycles. The van der Waals surface area contributed by atoms with Gasteiger partial charge in [-0.1, -0.05) is 36.4 Å². The van der Waals surface area contributed by atoms with Gasteiger partial charge in [-0.15, -0.1) is 0 Å². The number of nitro benzene ring substituents is 1. The average molecular weight is 419 g/mol. The second kappa shape index (κ2) is 9.98. The van der Waals surface area contributed by atoms with Crippen LogP contribution in [-0.4, -0.2) is 18.0 Å². The van der Waals surface area contributed by atoms with Crippen LogP contribution in [0, 0.1) is 15.9 Å². The highest BCUT2D eigenvalue weighted by Gasteiger charge is 2.08. The molecule has 6 nitrogen and oxygen atoms in total. The van der Waals surface area contributed by atoms with Gasteiger partial charge in [-0.3, -0.25) is 10.1 Å². The Labute approximate surface area is 178 Å². The maximum absolute atomic E-state index is 13.8. The van der Waals surface area contributed by atoms with Crippen molar-refractivity contribution in [1.82, 2.24) is 0 Å². The number of carbonyl (C=O) groups excluding carboxylic acids is 1. The largest absolute Gasteiger partial charge is 0.497 e. The molecule has 0 N–H and O–H groups in total. The number of allylic oxidation sites excluding steroid dienone is 2. The van der Waals surface area contributed by atoms with Crippen molar-refractivity contribution in [2.45, 2.75) is 0 Å². The van der Waals surface area contributed by atoms with Gasteiger partial charge in [-0.05, 0) is 53.1 Å². The molecule has 3 rings (SSSR count). The molecule has 0 aromatic heterocycles. The van der Waals surface area contributed by atoms with Gasteiger partial charge >= 0.3 is 5.97 Å². The minimum atomic E-state index is -0.654. The number of hydrogen-bond donors (Lipinski definition) is 0. The quantitative estimate of drug-likeness (QED) is 0.129. The van der Waals surface area contributed by atoms with Crippen LogP contribution in [0.25, 0.3) is 5.57 Å². The van der Waals surface area contributed by atoms with E-state index in [9.17, 15) is 19.3 Å². The van der Waals surface area contributed by atoms with Crippen molar-refractivity contribution >= 4 is 17.2 Å². The molecule has 156 valence electrons. The molecule has 0 aliphatic heterocycles. The third-order valence-corrected chi connectivity index (χ3v) is 4.30. The van der Waals surface area contributed by atoms with Gasteiger partial charge in [-0.25, -0.2) is 9.18 Å². The fourth-order valence-electron chi connectivity index (χ4n) is 2.79. The van der Waals surface area contributed by atoms with Crippen LogP contribution < -0.4 is 9.47 Å². The van der Waals surface area contributed by atoms with Gasteiger partial charge in [-0.2, -0.15) is 0 Å². The van der Waals surface area contributed by atoms with Crippen LogP contribution in [0.15, 0.2) is 91.0 Å². The van der Waals surface area contributed by atoms with Gasteiger partial charge in [0.05, 0.1) is 12.0 Å². The molecule has 3 aromatic carbocycles. The van der Waals surface area contributed by atoms with Crippen LogP contribution in [0.2, 0.25) is 0 Å². The Morgan fingerprint density at radius 2 is 1.65 bits per heavy atom. The molecule has 0 radical (unpaired) electrons. The van der Waals surface area contributed by atoms with Gasteiger partial charge in [0.25, 0.3) is 5.69 Å². The number of nitrogens with zero attached hydrogens (tertiary/aromatic N) is 1. The molecule has 0 aliphatic rings. The number of hydrogen-bond acceptors (Lipinski definition) is 5. The molecule has 3 aromatic rings. The first-order valence-corrected chi connectivity index (χ1v) is 9.21. The first-order valence-electron chi connectivity index (χ1n) is 9.21. The summed E-state index contributed by atoms with van der Waals surface area (Å²) >= 11 is 0. The zero-order chi connectivity index (χ0) is 22.2. The van der Waals surface area contributed by atoms with E-state index in [0.717, 1.165) is 5.56 Å². The first kappa shape index (κ1) is 21.4. The van der Waals surface area contributed by atoms with Gasteiger partial charge < -0.3 is 9.47 Å². The Bertz CT molecular complexity index is 1140. The standard InChI is InChI=1S/C24H18FNO5/c1-30-21-12-8-17(9-13-21)23(18-4-2-5-19(25)16-18)6-3-7-24(27)31-22-14-10-20(11-15-22)26(28)29/h2-16H,1H3. The van der Waals surface area contributed by atoms with Crippen molar-refractivity contribution in [2.24, 2.45) is 0 Å². The molecular weight excluding hydrogens is 401 g/mol. The van der Waals surface area contributed by atoms with E-state index in [0.29, 0.717) is 16.9 Å². The second-order valence-electron chi connectivity index (χ2n) is 6.35. The van der Waals surface area contributed by atoms with E-state index in [-0.39, 0.29) is 17.3 Å². The van der Waals surface area contributed by atoms with Gasteiger partial charge in [0.2, 0.25) is 0 Å². The van der Waals surface area contributed by atoms with E-state index >= 15 is 0 Å². The maximum Gasteiger partial charge on any atom is 0.336 e. The summed E-state index contributed by atoms with van der Waals surface area (Å²) in [5, 5.41) is 10.7. The van der Waals surface area contributed by atoms with Crippen LogP contribution >= 0.6 is 0 Å². The SMILES string of the molecule is COc1ccc(C(=CC=CC(=O)Oc2ccc([N+](=O)[O-])cc2)c2cccc(F)c2)cc1. The molecule has 0 atom stereocenters. The van der Waals surface area contributed by atoms with E-state index in [1.54, 1.807) is 37.5 Å². The summed E-state index contributed by atoms with van der Waals surface area (Å²) in [5.74, 6) is -0.161. The molecular formula is C24H18FNO5. The lowest BCUT2D eigenvalue weighted by atomic mass is 9.97. The number of non-ortho nitro benzene ring substituents is 1. The highest BCUT2D eigenvalue weighted by atomic mass is 19.1. The third-order valence-electron chi connectivity index (χ3n) is 4.30. The third kappa shape index (κ3) is 5.86. The highest BCUT2D eigenvalue weighted by molar-refractivity contribution is 5.86. The monoisotopic (exact) mass is 419 g/mol. The van der Waals surface area contributed by atoms with Gasteiger partial charge in [0.15, 0.2) is 0 Å². The van der Waals surface area contributed by atoms with Crippen molar-refractivity contribution < 1.29 is 23.6 Å². The van der Waals surface area contributed by atoms with Crippen molar-refractivity contribution in [3.63, 3.8) is 0 Å². The fourth-order valence-corrected chi connectivity index (χ4v) is 2.79. The molecule has 0 amide bonds. The van der Waals surface area contributed by atoms with Gasteiger partial charge in [0, 0.05) is 18.2 Å². The van der Waals surface area contributed by atoms with E-state index in [1.165, 1.54) is 48.6 Å². The molecule has 31 heavy (non-hydrogen) atoms. The van der Waals surface area contributed by atoms with E-state index in [2.05, 4.69) is 0 Å². The van der Waals surface area contributed by atoms with Gasteiger partial charge in [0.1, 0.15) is 17.3 Å². The van der Waals surface area contributed by atoms with E-state index < -0.39 is 10.9 Å². The maximum atomic E-state index is 13.8. The smallest absolute Gasteiger partial charge is 0.336 e. The van der Waals surface area contributed by atoms with E-state index in [1.807, 2.05) is 12.1 Å². The Balaban J connectivity index is 1.81. The lowest BCUT2D eigenvalue weighted by molar-refractivity contribution is -0.384. The number of nitro groups is 1. The zero-order valence-corrected chi connectivity index (χ0v) is 16.5. The second-order valence-corrected chi connectivity index (χ2v) is 6.35. The molecule has 0 saturated carbocycles. The summed E-state index contributed by atoms with van der Waals surface area (Å²) in [6.07, 6.45) is 4.39. The minimum Gasteiger partial charge on any atom is -0.497 e. The Kier molecular flexibility index (Phi) is 6.90. The Morgan fingerprint density at radius 3 is 2.26 bits per heavy atom. The average Bonchev–Trinajstić information content (AvgIpc) is 2.77. The number of carbonyl (C=O) groups is 1. The predicted octanol–water partition coefficient (Wildman–Crippen LogP) is 5.34. The van der Waals surface area contributed by atoms with Crippen molar-refractivity contribution in [3.8, 4) is 11.5 Å². The lowest BCUT2D eigenvalue weighted by Gasteiger charge is -2.09. The molecule has 0 heterocycles. The molecule has 0 spiro atoms. The summed E-state index contributed by atoms with van der Waals surface area (Å²) in [6, 6.07) is 18.5. The zero-order valence-electron chi connectivity index (χ0n) is 16.5. The van der Waals surface area contributed by atoms with Crippen molar-refractivity contribution in [3.05, 3.63) is 118 Å². The number of ether oxygens (including phenoxy) is 2. The predicted molar refractivity (Wildman–Crippen MR) is 114 cm³/mol. The highest BCUT2D eigenvalue weighted by Crippen LogP contribution is 2.26. The lowest BCUT2D eigenvalue weighted by Crippen LogP contribution is -2.03. The number of halogens is 1. The summed E-state index contributed by atoms with van der Waals surface area (Å²) in [5.41, 5.74) is 2.04. The van der Waals surface area contributed by atoms with Crippen LogP contribution in [0.1, 0.15) is 11.1 Å². The number of esters is 1. The topological polar surface area (TPSA) is 78.7 Å². The Hall–Kier alpha value is -4.26. The normalized spacial score (nSPS) is 11.4. The summed E-state index contributed by atoms with van der Waals surface area (Å²) < 4.78 is 24.1. The van der Waals surface area contributed by atoms with Crippen molar-refractivity contribution in [2.75, 3.05) is 7.11 Å². The molecule has 7 heteroatoms. The van der Waals surface area contributed by atoms with Crippen LogP contribution in [-0.2, 0) is 4.79 Å². The molecule has 0 aliphatic carbocycles.